The minimum Gasteiger partial charge on any atom is -0.486 e. The lowest BCUT2D eigenvalue weighted by Gasteiger charge is -2.21. The van der Waals surface area contributed by atoms with Crippen molar-refractivity contribution in [3.8, 4) is 11.5 Å². The van der Waals surface area contributed by atoms with Crippen LogP contribution in [0.3, 0.4) is 0 Å². The van der Waals surface area contributed by atoms with Crippen LogP contribution in [0.2, 0.25) is 0 Å². The fraction of sp³-hybridized carbons (Fsp3) is 0.200. The van der Waals surface area contributed by atoms with Crippen LogP contribution in [0.4, 0.5) is 0 Å². The van der Waals surface area contributed by atoms with Crippen LogP contribution in [-0.2, 0) is 0 Å². The number of aliphatic hydroxyl groups excluding tert-OH is 1. The van der Waals surface area contributed by atoms with Crippen molar-refractivity contribution in [2.75, 3.05) is 13.2 Å². The fourth-order valence-corrected chi connectivity index (χ4v) is 2.64. The molecule has 2 aromatic carbocycles. The fourth-order valence-electron chi connectivity index (χ4n) is 2.10. The van der Waals surface area contributed by atoms with Crippen molar-refractivity contribution >= 4 is 15.9 Å². The Labute approximate surface area is 119 Å². The maximum Gasteiger partial charge on any atom is 0.162 e. The largest absolute Gasteiger partial charge is 0.486 e. The number of benzene rings is 2. The SMILES string of the molecule is O[C@H](c1ccccc1)c1cc2c(cc1Br)OCCO2. The maximum absolute atomic E-state index is 10.4. The predicted molar refractivity (Wildman–Crippen MR) is 75.6 cm³/mol. The summed E-state index contributed by atoms with van der Waals surface area (Å²) in [5, 5.41) is 10.4. The van der Waals surface area contributed by atoms with Crippen molar-refractivity contribution in [1.29, 1.82) is 0 Å². The summed E-state index contributed by atoms with van der Waals surface area (Å²) in [6, 6.07) is 13.2. The molecule has 0 fully saturated rings. The molecule has 1 N–H and O–H groups in total. The molecule has 0 spiro atoms. The van der Waals surface area contributed by atoms with E-state index in [2.05, 4.69) is 15.9 Å². The molecule has 0 bridgehead atoms. The highest BCUT2D eigenvalue weighted by Gasteiger charge is 2.19. The molecule has 1 heterocycles. The average molecular weight is 321 g/mol. The van der Waals surface area contributed by atoms with Crippen LogP contribution in [0.1, 0.15) is 17.2 Å². The van der Waals surface area contributed by atoms with Crippen LogP contribution in [0.5, 0.6) is 11.5 Å². The van der Waals surface area contributed by atoms with Gasteiger partial charge in [-0.05, 0) is 17.7 Å². The minimum absolute atomic E-state index is 0.537. The molecule has 1 aliphatic rings. The normalized spacial score (nSPS) is 15.1. The molecular formula is C15H13BrO3. The Balaban J connectivity index is 2.01. The molecule has 3 rings (SSSR count). The van der Waals surface area contributed by atoms with E-state index in [1.807, 2.05) is 42.5 Å². The second-order valence-electron chi connectivity index (χ2n) is 4.33. The minimum atomic E-state index is -0.689. The number of fused-ring (bicyclic) bond motifs is 1. The molecule has 0 aromatic heterocycles. The first kappa shape index (κ1) is 12.5. The molecule has 0 aliphatic carbocycles. The van der Waals surface area contributed by atoms with E-state index >= 15 is 0 Å². The van der Waals surface area contributed by atoms with Crippen LogP contribution < -0.4 is 9.47 Å². The number of ether oxygens (including phenoxy) is 2. The molecule has 4 heteroatoms. The van der Waals surface area contributed by atoms with Gasteiger partial charge in [0, 0.05) is 10.0 Å². The number of halogens is 1. The monoisotopic (exact) mass is 320 g/mol. The summed E-state index contributed by atoms with van der Waals surface area (Å²) < 4.78 is 11.9. The summed E-state index contributed by atoms with van der Waals surface area (Å²) in [6.07, 6.45) is -0.689. The summed E-state index contributed by atoms with van der Waals surface area (Å²) >= 11 is 3.48. The summed E-state index contributed by atoms with van der Waals surface area (Å²) in [6.45, 7) is 1.09. The van der Waals surface area contributed by atoms with Crippen LogP contribution >= 0.6 is 15.9 Å². The molecule has 1 atom stereocenters. The van der Waals surface area contributed by atoms with Gasteiger partial charge >= 0.3 is 0 Å². The zero-order chi connectivity index (χ0) is 13.2. The topological polar surface area (TPSA) is 38.7 Å². The van der Waals surface area contributed by atoms with Gasteiger partial charge in [0.1, 0.15) is 19.3 Å². The third-order valence-corrected chi connectivity index (χ3v) is 3.76. The summed E-state index contributed by atoms with van der Waals surface area (Å²) in [5.41, 5.74) is 1.62. The van der Waals surface area contributed by atoms with Gasteiger partial charge in [0.15, 0.2) is 11.5 Å². The Morgan fingerprint density at radius 3 is 2.32 bits per heavy atom. The zero-order valence-corrected chi connectivity index (χ0v) is 11.8. The smallest absolute Gasteiger partial charge is 0.162 e. The van der Waals surface area contributed by atoms with Gasteiger partial charge < -0.3 is 14.6 Å². The highest BCUT2D eigenvalue weighted by Crippen LogP contribution is 2.39. The zero-order valence-electron chi connectivity index (χ0n) is 10.2. The lowest BCUT2D eigenvalue weighted by Crippen LogP contribution is -2.16. The van der Waals surface area contributed by atoms with Crippen molar-refractivity contribution < 1.29 is 14.6 Å². The summed E-state index contributed by atoms with van der Waals surface area (Å²) in [4.78, 5) is 0. The van der Waals surface area contributed by atoms with E-state index in [0.29, 0.717) is 24.7 Å². The van der Waals surface area contributed by atoms with Crippen LogP contribution in [0.15, 0.2) is 46.9 Å². The molecule has 0 amide bonds. The van der Waals surface area contributed by atoms with E-state index in [-0.39, 0.29) is 0 Å². The van der Waals surface area contributed by atoms with Crippen LogP contribution in [-0.4, -0.2) is 18.3 Å². The second kappa shape index (κ2) is 5.23. The molecule has 0 saturated carbocycles. The molecule has 2 aromatic rings. The van der Waals surface area contributed by atoms with E-state index in [4.69, 9.17) is 9.47 Å². The van der Waals surface area contributed by atoms with E-state index in [1.165, 1.54) is 0 Å². The highest BCUT2D eigenvalue weighted by atomic mass is 79.9. The van der Waals surface area contributed by atoms with Crippen molar-refractivity contribution in [1.82, 2.24) is 0 Å². The number of hydrogen-bond acceptors (Lipinski definition) is 3. The number of hydrogen-bond donors (Lipinski definition) is 1. The average Bonchev–Trinajstić information content (AvgIpc) is 2.47. The van der Waals surface area contributed by atoms with Gasteiger partial charge in [-0.15, -0.1) is 0 Å². The first-order valence-corrected chi connectivity index (χ1v) is 6.87. The lowest BCUT2D eigenvalue weighted by molar-refractivity contribution is 0.169. The molecule has 98 valence electrons. The third kappa shape index (κ3) is 2.46. The van der Waals surface area contributed by atoms with Gasteiger partial charge in [0.2, 0.25) is 0 Å². The van der Waals surface area contributed by atoms with E-state index in [9.17, 15) is 5.11 Å². The maximum atomic E-state index is 10.4. The molecule has 1 aliphatic heterocycles. The van der Waals surface area contributed by atoms with Crippen molar-refractivity contribution in [3.05, 3.63) is 58.1 Å². The lowest BCUT2D eigenvalue weighted by atomic mass is 10.0. The van der Waals surface area contributed by atoms with Crippen molar-refractivity contribution in [2.24, 2.45) is 0 Å². The molecular weight excluding hydrogens is 308 g/mol. The van der Waals surface area contributed by atoms with Crippen LogP contribution in [0, 0.1) is 0 Å². The first-order valence-electron chi connectivity index (χ1n) is 6.08. The number of rotatable bonds is 2. The first-order chi connectivity index (χ1) is 9.25. The van der Waals surface area contributed by atoms with E-state index in [1.54, 1.807) is 0 Å². The summed E-state index contributed by atoms with van der Waals surface area (Å²) in [5.74, 6) is 1.39. The van der Waals surface area contributed by atoms with Gasteiger partial charge in [-0.1, -0.05) is 46.3 Å². The Morgan fingerprint density at radius 2 is 1.63 bits per heavy atom. The van der Waals surface area contributed by atoms with Gasteiger partial charge in [0.05, 0.1) is 0 Å². The Kier molecular flexibility index (Phi) is 3.44. The Bertz CT molecular complexity index is 583. The van der Waals surface area contributed by atoms with Crippen LogP contribution in [0.25, 0.3) is 0 Å². The molecule has 0 saturated heterocycles. The summed E-state index contributed by atoms with van der Waals surface area (Å²) in [7, 11) is 0. The molecule has 19 heavy (non-hydrogen) atoms. The Morgan fingerprint density at radius 1 is 1.00 bits per heavy atom. The van der Waals surface area contributed by atoms with Gasteiger partial charge in [0.25, 0.3) is 0 Å². The number of aliphatic hydroxyl groups is 1. The van der Waals surface area contributed by atoms with E-state index in [0.717, 1.165) is 15.6 Å². The molecule has 3 nitrogen and oxygen atoms in total. The molecule has 0 unspecified atom stereocenters. The quantitative estimate of drug-likeness (QED) is 0.922. The third-order valence-electron chi connectivity index (χ3n) is 3.07. The van der Waals surface area contributed by atoms with Gasteiger partial charge in [-0.25, -0.2) is 0 Å². The predicted octanol–water partition coefficient (Wildman–Crippen LogP) is 3.30. The van der Waals surface area contributed by atoms with Gasteiger partial charge in [-0.2, -0.15) is 0 Å². The van der Waals surface area contributed by atoms with Crippen molar-refractivity contribution in [2.45, 2.75) is 6.10 Å². The highest BCUT2D eigenvalue weighted by molar-refractivity contribution is 9.10. The van der Waals surface area contributed by atoms with Crippen molar-refractivity contribution in [3.63, 3.8) is 0 Å². The van der Waals surface area contributed by atoms with E-state index < -0.39 is 6.10 Å². The second-order valence-corrected chi connectivity index (χ2v) is 5.18. The van der Waals surface area contributed by atoms with Gasteiger partial charge in [-0.3, -0.25) is 0 Å². The Hall–Kier alpha value is -1.52. The molecule has 0 radical (unpaired) electrons. The standard InChI is InChI=1S/C15H13BrO3/c16-12-9-14-13(18-6-7-19-14)8-11(12)15(17)10-4-2-1-3-5-10/h1-5,8-9,15,17H,6-7H2/t15-/m1/s1.